The monoisotopic (exact) mass is 298 g/mol. The number of hydrogen-bond acceptors (Lipinski definition) is 5. The van der Waals surface area contributed by atoms with Gasteiger partial charge in [0.05, 0.1) is 18.1 Å². The molecule has 21 heavy (non-hydrogen) atoms. The van der Waals surface area contributed by atoms with Crippen LogP contribution in [0.5, 0.6) is 0 Å². The molecular weight excluding hydrogens is 268 g/mol. The van der Waals surface area contributed by atoms with Crippen LogP contribution in [0.3, 0.4) is 0 Å². The van der Waals surface area contributed by atoms with Gasteiger partial charge in [0, 0.05) is 32.2 Å². The lowest BCUT2D eigenvalue weighted by Crippen LogP contribution is -2.59. The number of ether oxygens (including phenoxy) is 2. The summed E-state index contributed by atoms with van der Waals surface area (Å²) in [6.07, 6.45) is 1.36. The first-order valence-corrected chi connectivity index (χ1v) is 7.98. The van der Waals surface area contributed by atoms with Crippen molar-refractivity contribution in [2.45, 2.75) is 58.8 Å². The topological polar surface area (TPSA) is 50.8 Å². The molecule has 0 aromatic rings. The van der Waals surface area contributed by atoms with Crippen molar-refractivity contribution in [1.82, 2.24) is 10.2 Å². The summed E-state index contributed by atoms with van der Waals surface area (Å²) in [6.45, 7) is 14.1. The zero-order chi connectivity index (χ0) is 15.7. The number of likely N-dealkylation sites (tertiary alicyclic amines) is 1. The highest BCUT2D eigenvalue weighted by Crippen LogP contribution is 2.25. The van der Waals surface area contributed by atoms with Gasteiger partial charge in [-0.1, -0.05) is 0 Å². The second kappa shape index (κ2) is 6.23. The molecule has 5 nitrogen and oxygen atoms in total. The highest BCUT2D eigenvalue weighted by molar-refractivity contribution is 5.76. The third-order valence-corrected chi connectivity index (χ3v) is 4.04. The molecule has 2 saturated heterocycles. The van der Waals surface area contributed by atoms with Crippen LogP contribution in [-0.2, 0) is 14.3 Å². The number of nitrogens with one attached hydrogen (secondary N) is 1. The number of nitrogens with zero attached hydrogens (tertiary/aromatic N) is 1. The fraction of sp³-hybridized carbons (Fsp3) is 0.938. The van der Waals surface area contributed by atoms with Crippen molar-refractivity contribution >= 4 is 5.97 Å². The molecule has 2 unspecified atom stereocenters. The Balaban J connectivity index is 1.89. The molecule has 2 aliphatic rings. The zero-order valence-corrected chi connectivity index (χ0v) is 14.1. The molecule has 0 aromatic carbocycles. The van der Waals surface area contributed by atoms with E-state index in [1.807, 2.05) is 34.6 Å². The minimum absolute atomic E-state index is 0.120. The third-order valence-electron chi connectivity index (χ3n) is 4.04. The molecule has 0 amide bonds. The molecule has 0 aliphatic carbocycles. The van der Waals surface area contributed by atoms with Gasteiger partial charge in [-0.15, -0.1) is 0 Å². The van der Waals surface area contributed by atoms with Gasteiger partial charge in [-0.2, -0.15) is 0 Å². The Morgan fingerprint density at radius 3 is 2.71 bits per heavy atom. The summed E-state index contributed by atoms with van der Waals surface area (Å²) < 4.78 is 11.3. The molecule has 0 bridgehead atoms. The normalized spacial score (nSPS) is 28.0. The van der Waals surface area contributed by atoms with Crippen LogP contribution in [0.15, 0.2) is 0 Å². The van der Waals surface area contributed by atoms with Crippen LogP contribution in [-0.4, -0.2) is 61.4 Å². The number of carbonyl (C=O) groups excluding carboxylic acids is 1. The molecule has 0 radical (unpaired) electrons. The molecule has 2 heterocycles. The van der Waals surface area contributed by atoms with Gasteiger partial charge in [-0.25, -0.2) is 0 Å². The van der Waals surface area contributed by atoms with Crippen LogP contribution in [0.25, 0.3) is 0 Å². The maximum atomic E-state index is 12.3. The summed E-state index contributed by atoms with van der Waals surface area (Å²) in [5.41, 5.74) is -0.921. The zero-order valence-electron chi connectivity index (χ0n) is 14.1. The second-order valence-corrected chi connectivity index (χ2v) is 7.88. The number of carbonyl (C=O) groups is 1. The maximum Gasteiger partial charge on any atom is 0.313 e. The largest absolute Gasteiger partial charge is 0.460 e. The van der Waals surface area contributed by atoms with Gasteiger partial charge in [0.1, 0.15) is 5.60 Å². The minimum Gasteiger partial charge on any atom is -0.460 e. The van der Waals surface area contributed by atoms with Crippen LogP contribution >= 0.6 is 0 Å². The quantitative estimate of drug-likeness (QED) is 0.799. The standard InChI is InChI=1S/C16H30N2O3/c1-15(2,3)21-14(19)16(4,5)11-18-8-6-13-12(10-18)17-7-9-20-13/h12-13,17H,6-11H2,1-5H3. The molecule has 0 saturated carbocycles. The Bertz CT molecular complexity index is 376. The number of morpholine rings is 1. The maximum absolute atomic E-state index is 12.3. The van der Waals surface area contributed by atoms with Crippen LogP contribution in [0.4, 0.5) is 0 Å². The van der Waals surface area contributed by atoms with Gasteiger partial charge < -0.3 is 19.7 Å². The van der Waals surface area contributed by atoms with E-state index < -0.39 is 11.0 Å². The van der Waals surface area contributed by atoms with Crippen molar-refractivity contribution in [3.05, 3.63) is 0 Å². The average Bonchev–Trinajstić information content (AvgIpc) is 2.36. The summed E-state index contributed by atoms with van der Waals surface area (Å²) in [6, 6.07) is 0.391. The Morgan fingerprint density at radius 1 is 1.33 bits per heavy atom. The van der Waals surface area contributed by atoms with E-state index in [4.69, 9.17) is 9.47 Å². The van der Waals surface area contributed by atoms with Gasteiger partial charge in [-0.05, 0) is 41.0 Å². The first kappa shape index (κ1) is 16.7. The lowest BCUT2D eigenvalue weighted by atomic mass is 9.90. The molecule has 2 rings (SSSR count). The summed E-state index contributed by atoms with van der Waals surface area (Å²) in [7, 11) is 0. The minimum atomic E-state index is -0.490. The lowest BCUT2D eigenvalue weighted by Gasteiger charge is -2.43. The molecule has 2 atom stereocenters. The van der Waals surface area contributed by atoms with Gasteiger partial charge in [0.25, 0.3) is 0 Å². The predicted octanol–water partition coefficient (Wildman–Crippen LogP) is 1.42. The third kappa shape index (κ3) is 4.66. The number of rotatable bonds is 3. The van der Waals surface area contributed by atoms with Gasteiger partial charge in [0.15, 0.2) is 0 Å². The number of fused-ring (bicyclic) bond motifs is 1. The van der Waals surface area contributed by atoms with E-state index in [-0.39, 0.29) is 5.97 Å². The molecule has 122 valence electrons. The first-order chi connectivity index (χ1) is 9.67. The first-order valence-electron chi connectivity index (χ1n) is 7.98. The van der Waals surface area contributed by atoms with Crippen molar-refractivity contribution in [2.24, 2.45) is 5.41 Å². The van der Waals surface area contributed by atoms with E-state index in [2.05, 4.69) is 10.2 Å². The molecule has 0 aromatic heterocycles. The van der Waals surface area contributed by atoms with Gasteiger partial charge in [-0.3, -0.25) is 4.79 Å². The Kier molecular flexibility index (Phi) is 4.96. The van der Waals surface area contributed by atoms with Crippen LogP contribution in [0.1, 0.15) is 41.0 Å². The number of esters is 1. The van der Waals surface area contributed by atoms with E-state index in [9.17, 15) is 4.79 Å². The molecule has 5 heteroatoms. The van der Waals surface area contributed by atoms with Crippen LogP contribution < -0.4 is 5.32 Å². The molecule has 2 fully saturated rings. The van der Waals surface area contributed by atoms with E-state index in [1.54, 1.807) is 0 Å². The van der Waals surface area contributed by atoms with Crippen LogP contribution in [0.2, 0.25) is 0 Å². The smallest absolute Gasteiger partial charge is 0.313 e. The average molecular weight is 298 g/mol. The van der Waals surface area contributed by atoms with Crippen LogP contribution in [0, 0.1) is 5.41 Å². The number of hydrogen-bond donors (Lipinski definition) is 1. The molecule has 1 N–H and O–H groups in total. The highest BCUT2D eigenvalue weighted by Gasteiger charge is 2.38. The van der Waals surface area contributed by atoms with Crippen molar-refractivity contribution in [3.63, 3.8) is 0 Å². The Hall–Kier alpha value is -0.650. The van der Waals surface area contributed by atoms with E-state index in [0.717, 1.165) is 39.2 Å². The summed E-state index contributed by atoms with van der Waals surface area (Å²) >= 11 is 0. The Labute approximate surface area is 128 Å². The SMILES string of the molecule is CC(C)(C)OC(=O)C(C)(C)CN1CCC2OCCNC2C1. The Morgan fingerprint density at radius 2 is 2.05 bits per heavy atom. The predicted molar refractivity (Wildman–Crippen MR) is 82.2 cm³/mol. The molecular formula is C16H30N2O3. The van der Waals surface area contributed by atoms with E-state index in [0.29, 0.717) is 12.1 Å². The van der Waals surface area contributed by atoms with Crippen molar-refractivity contribution < 1.29 is 14.3 Å². The van der Waals surface area contributed by atoms with E-state index >= 15 is 0 Å². The highest BCUT2D eigenvalue weighted by atomic mass is 16.6. The fourth-order valence-electron chi connectivity index (χ4n) is 3.03. The summed E-state index contributed by atoms with van der Waals surface area (Å²) in [5.74, 6) is -0.120. The summed E-state index contributed by atoms with van der Waals surface area (Å²) in [5, 5.41) is 3.52. The fourth-order valence-corrected chi connectivity index (χ4v) is 3.03. The van der Waals surface area contributed by atoms with Gasteiger partial charge in [0.2, 0.25) is 0 Å². The van der Waals surface area contributed by atoms with E-state index in [1.165, 1.54) is 0 Å². The van der Waals surface area contributed by atoms with Crippen molar-refractivity contribution in [3.8, 4) is 0 Å². The van der Waals surface area contributed by atoms with Crippen molar-refractivity contribution in [2.75, 3.05) is 32.8 Å². The molecule has 0 spiro atoms. The van der Waals surface area contributed by atoms with Crippen molar-refractivity contribution in [1.29, 1.82) is 0 Å². The lowest BCUT2D eigenvalue weighted by molar-refractivity contribution is -0.167. The molecule has 2 aliphatic heterocycles. The summed E-state index contributed by atoms with van der Waals surface area (Å²) in [4.78, 5) is 14.7. The number of piperidine rings is 1. The second-order valence-electron chi connectivity index (χ2n) is 7.88. The van der Waals surface area contributed by atoms with Gasteiger partial charge >= 0.3 is 5.97 Å².